The van der Waals surface area contributed by atoms with Crippen LogP contribution in [0.4, 0.5) is 10.1 Å². The first kappa shape index (κ1) is 15.8. The van der Waals surface area contributed by atoms with Gasteiger partial charge in [0.1, 0.15) is 5.82 Å². The Labute approximate surface area is 130 Å². The molecule has 0 unspecified atom stereocenters. The van der Waals surface area contributed by atoms with Crippen molar-refractivity contribution in [1.82, 2.24) is 5.32 Å². The Morgan fingerprint density at radius 3 is 2.52 bits per heavy atom. The molecule has 1 N–H and O–H groups in total. The molecule has 4 heteroatoms. The second-order valence-corrected chi connectivity index (χ2v) is 5.44. The van der Waals surface area contributed by atoms with E-state index in [9.17, 15) is 4.39 Å². The molecule has 0 amide bonds. The maximum absolute atomic E-state index is 14.0. The van der Waals surface area contributed by atoms with Gasteiger partial charge in [0, 0.05) is 36.4 Å². The summed E-state index contributed by atoms with van der Waals surface area (Å²) in [4.78, 5) is 2.05. The van der Waals surface area contributed by atoms with E-state index in [0.717, 1.165) is 22.8 Å². The van der Waals surface area contributed by atoms with Gasteiger partial charge >= 0.3 is 0 Å². The van der Waals surface area contributed by atoms with Crippen molar-refractivity contribution < 1.29 is 4.39 Å². The highest BCUT2D eigenvalue weighted by atomic mass is 35.5. The van der Waals surface area contributed by atoms with Crippen molar-refractivity contribution in [3.8, 4) is 0 Å². The summed E-state index contributed by atoms with van der Waals surface area (Å²) in [6.07, 6.45) is 0. The van der Waals surface area contributed by atoms with Gasteiger partial charge in [0.15, 0.2) is 0 Å². The van der Waals surface area contributed by atoms with Gasteiger partial charge < -0.3 is 10.2 Å². The van der Waals surface area contributed by atoms with Gasteiger partial charge in [-0.05, 0) is 36.4 Å². The van der Waals surface area contributed by atoms with Crippen LogP contribution in [0.25, 0.3) is 0 Å². The molecule has 0 saturated heterocycles. The fraction of sp³-hybridized carbons (Fsp3) is 0.294. The molecule has 2 rings (SSSR count). The van der Waals surface area contributed by atoms with Gasteiger partial charge in [0.25, 0.3) is 0 Å². The summed E-state index contributed by atoms with van der Waals surface area (Å²) in [5.74, 6) is -0.170. The molecule has 0 atom stereocenters. The average molecular weight is 307 g/mol. The topological polar surface area (TPSA) is 15.3 Å². The van der Waals surface area contributed by atoms with E-state index in [1.165, 1.54) is 6.07 Å². The minimum atomic E-state index is -0.170. The van der Waals surface area contributed by atoms with Crippen LogP contribution in [0, 0.1) is 5.82 Å². The van der Waals surface area contributed by atoms with Gasteiger partial charge in [0.05, 0.1) is 0 Å². The number of hydrogen-bond acceptors (Lipinski definition) is 2. The second kappa shape index (κ2) is 7.43. The molecule has 0 radical (unpaired) electrons. The second-order valence-electron chi connectivity index (χ2n) is 5.00. The van der Waals surface area contributed by atoms with E-state index in [4.69, 9.17) is 11.6 Å². The highest BCUT2D eigenvalue weighted by Gasteiger charge is 2.12. The third-order valence-corrected chi connectivity index (χ3v) is 3.64. The van der Waals surface area contributed by atoms with Crippen LogP contribution in [0.3, 0.4) is 0 Å². The highest BCUT2D eigenvalue weighted by Crippen LogP contribution is 2.24. The third kappa shape index (κ3) is 4.19. The van der Waals surface area contributed by atoms with Crippen molar-refractivity contribution in [2.24, 2.45) is 0 Å². The molecule has 0 aliphatic heterocycles. The Hall–Kier alpha value is -1.58. The minimum absolute atomic E-state index is 0.170. The lowest BCUT2D eigenvalue weighted by Gasteiger charge is -2.23. The minimum Gasteiger partial charge on any atom is -0.370 e. The molecule has 0 bridgehead atoms. The Balaban J connectivity index is 2.19. The normalized spacial score (nSPS) is 10.7. The summed E-state index contributed by atoms with van der Waals surface area (Å²) in [7, 11) is 1.97. The van der Waals surface area contributed by atoms with E-state index in [1.54, 1.807) is 6.07 Å². The van der Waals surface area contributed by atoms with Gasteiger partial charge in [-0.15, -0.1) is 0 Å². The van der Waals surface area contributed by atoms with Crippen molar-refractivity contribution in [1.29, 1.82) is 0 Å². The zero-order valence-corrected chi connectivity index (χ0v) is 13.1. The number of nitrogens with one attached hydrogen (secondary N) is 1. The average Bonchev–Trinajstić information content (AvgIpc) is 2.48. The fourth-order valence-electron chi connectivity index (χ4n) is 2.28. The Kier molecular flexibility index (Phi) is 5.59. The first-order valence-electron chi connectivity index (χ1n) is 7.05. The Morgan fingerprint density at radius 1 is 1.14 bits per heavy atom. The van der Waals surface area contributed by atoms with E-state index in [2.05, 4.69) is 10.2 Å². The largest absolute Gasteiger partial charge is 0.370 e. The Bertz CT molecular complexity index is 584. The van der Waals surface area contributed by atoms with E-state index in [0.29, 0.717) is 18.7 Å². The molecule has 0 aliphatic rings. The standard InChI is InChI=1S/C17H20ClFN2/c1-3-20-11-15-16(19)5-4-6-17(15)21(2)12-13-7-9-14(18)10-8-13/h4-10,20H,3,11-12H2,1-2H3. The zero-order chi connectivity index (χ0) is 15.2. The number of hydrogen-bond donors (Lipinski definition) is 1. The van der Waals surface area contributed by atoms with E-state index >= 15 is 0 Å². The van der Waals surface area contributed by atoms with Crippen LogP contribution in [-0.2, 0) is 13.1 Å². The van der Waals surface area contributed by atoms with Crippen molar-refractivity contribution in [3.05, 3.63) is 64.4 Å². The Morgan fingerprint density at radius 2 is 1.86 bits per heavy atom. The van der Waals surface area contributed by atoms with Crippen molar-refractivity contribution in [2.45, 2.75) is 20.0 Å². The van der Waals surface area contributed by atoms with Crippen molar-refractivity contribution >= 4 is 17.3 Å². The van der Waals surface area contributed by atoms with Crippen LogP contribution in [0.1, 0.15) is 18.1 Å². The van der Waals surface area contributed by atoms with Crippen LogP contribution in [0.5, 0.6) is 0 Å². The van der Waals surface area contributed by atoms with Gasteiger partial charge in [-0.25, -0.2) is 4.39 Å². The van der Waals surface area contributed by atoms with E-state index < -0.39 is 0 Å². The van der Waals surface area contributed by atoms with Crippen LogP contribution in [-0.4, -0.2) is 13.6 Å². The van der Waals surface area contributed by atoms with Gasteiger partial charge in [-0.2, -0.15) is 0 Å². The van der Waals surface area contributed by atoms with Crippen LogP contribution in [0.15, 0.2) is 42.5 Å². The third-order valence-electron chi connectivity index (χ3n) is 3.39. The monoisotopic (exact) mass is 306 g/mol. The molecule has 0 aromatic heterocycles. The van der Waals surface area contributed by atoms with Crippen LogP contribution < -0.4 is 10.2 Å². The van der Waals surface area contributed by atoms with Gasteiger partial charge in [-0.1, -0.05) is 36.7 Å². The molecule has 21 heavy (non-hydrogen) atoms. The smallest absolute Gasteiger partial charge is 0.129 e. The molecule has 0 aliphatic carbocycles. The summed E-state index contributed by atoms with van der Waals surface area (Å²) in [6.45, 7) is 4.07. The SMILES string of the molecule is CCNCc1c(F)cccc1N(C)Cc1ccc(Cl)cc1. The molecule has 2 aromatic carbocycles. The summed E-state index contributed by atoms with van der Waals surface area (Å²) in [5, 5.41) is 3.91. The molecule has 0 saturated carbocycles. The predicted molar refractivity (Wildman–Crippen MR) is 87.3 cm³/mol. The summed E-state index contributed by atoms with van der Waals surface area (Å²) in [5.41, 5.74) is 2.75. The lowest BCUT2D eigenvalue weighted by Crippen LogP contribution is -2.21. The lowest BCUT2D eigenvalue weighted by atomic mass is 10.1. The lowest BCUT2D eigenvalue weighted by molar-refractivity contribution is 0.592. The molecule has 112 valence electrons. The van der Waals surface area contributed by atoms with Crippen molar-refractivity contribution in [2.75, 3.05) is 18.5 Å². The van der Waals surface area contributed by atoms with Crippen LogP contribution in [0.2, 0.25) is 5.02 Å². The zero-order valence-electron chi connectivity index (χ0n) is 12.4. The van der Waals surface area contributed by atoms with E-state index in [1.807, 2.05) is 44.3 Å². The number of rotatable bonds is 6. The number of benzene rings is 2. The molecular formula is C17H20ClFN2. The molecule has 2 nitrogen and oxygen atoms in total. The van der Waals surface area contributed by atoms with Crippen LogP contribution >= 0.6 is 11.6 Å². The van der Waals surface area contributed by atoms with Gasteiger partial charge in [-0.3, -0.25) is 0 Å². The molecule has 0 spiro atoms. The number of nitrogens with zero attached hydrogens (tertiary/aromatic N) is 1. The first-order chi connectivity index (χ1) is 10.1. The first-order valence-corrected chi connectivity index (χ1v) is 7.43. The van der Waals surface area contributed by atoms with Gasteiger partial charge in [0.2, 0.25) is 0 Å². The van der Waals surface area contributed by atoms with Crippen molar-refractivity contribution in [3.63, 3.8) is 0 Å². The molecule has 2 aromatic rings. The summed E-state index contributed by atoms with van der Waals surface area (Å²) >= 11 is 5.90. The molecular weight excluding hydrogens is 287 g/mol. The molecule has 0 fully saturated rings. The maximum atomic E-state index is 14.0. The summed E-state index contributed by atoms with van der Waals surface area (Å²) < 4.78 is 14.0. The fourth-order valence-corrected chi connectivity index (χ4v) is 2.40. The summed E-state index contributed by atoms with van der Waals surface area (Å²) in [6, 6.07) is 12.9. The number of halogens is 2. The maximum Gasteiger partial charge on any atom is 0.129 e. The number of anilines is 1. The predicted octanol–water partition coefficient (Wildman–Crippen LogP) is 4.23. The highest BCUT2D eigenvalue weighted by molar-refractivity contribution is 6.30. The molecule has 0 heterocycles. The van der Waals surface area contributed by atoms with E-state index in [-0.39, 0.29) is 5.82 Å². The quantitative estimate of drug-likeness (QED) is 0.859.